The van der Waals surface area contributed by atoms with Crippen LogP contribution in [0.2, 0.25) is 0 Å². The molecular formula is C29H50O3. The molecule has 1 aromatic carbocycles. The average molecular weight is 447 g/mol. The van der Waals surface area contributed by atoms with Gasteiger partial charge in [0, 0.05) is 0 Å². The highest BCUT2D eigenvalue weighted by Crippen LogP contribution is 2.16. The number of ether oxygens (including phenoxy) is 2. The molecule has 0 amide bonds. The zero-order valence-corrected chi connectivity index (χ0v) is 21.3. The number of esters is 1. The van der Waals surface area contributed by atoms with E-state index in [9.17, 15) is 4.79 Å². The van der Waals surface area contributed by atoms with Crippen LogP contribution >= 0.6 is 0 Å². The van der Waals surface area contributed by atoms with E-state index in [1.807, 2.05) is 12.1 Å². The first kappa shape index (κ1) is 28.5. The molecule has 3 heteroatoms. The smallest absolute Gasteiger partial charge is 0.338 e. The molecule has 0 aromatic heterocycles. The number of carbonyl (C=O) groups is 1. The number of rotatable bonds is 21. The van der Waals surface area contributed by atoms with Gasteiger partial charge in [-0.1, -0.05) is 111 Å². The summed E-state index contributed by atoms with van der Waals surface area (Å²) >= 11 is 0. The van der Waals surface area contributed by atoms with Gasteiger partial charge < -0.3 is 9.47 Å². The SMILES string of the molecule is CCCCOC(=O)c1ccc(OCCCCCCCCCCCCCCCC(C)C)cc1. The van der Waals surface area contributed by atoms with Crippen LogP contribution in [0.4, 0.5) is 0 Å². The summed E-state index contributed by atoms with van der Waals surface area (Å²) in [7, 11) is 0. The van der Waals surface area contributed by atoms with E-state index in [0.717, 1.165) is 37.5 Å². The van der Waals surface area contributed by atoms with Crippen molar-refractivity contribution in [3.8, 4) is 5.75 Å². The molecule has 0 atom stereocenters. The predicted octanol–water partition coefficient (Wildman–Crippen LogP) is 9.14. The highest BCUT2D eigenvalue weighted by atomic mass is 16.5. The number of benzene rings is 1. The maximum absolute atomic E-state index is 11.9. The summed E-state index contributed by atoms with van der Waals surface area (Å²) in [6.07, 6.45) is 21.1. The summed E-state index contributed by atoms with van der Waals surface area (Å²) < 4.78 is 11.0. The fourth-order valence-corrected chi connectivity index (χ4v) is 3.87. The van der Waals surface area contributed by atoms with Crippen molar-refractivity contribution in [3.63, 3.8) is 0 Å². The van der Waals surface area contributed by atoms with Crippen molar-refractivity contribution in [3.05, 3.63) is 29.8 Å². The number of hydrogen-bond acceptors (Lipinski definition) is 3. The largest absolute Gasteiger partial charge is 0.494 e. The van der Waals surface area contributed by atoms with Crippen LogP contribution in [0.15, 0.2) is 24.3 Å². The second kappa shape index (κ2) is 20.1. The van der Waals surface area contributed by atoms with Crippen molar-refractivity contribution in [2.75, 3.05) is 13.2 Å². The number of carbonyl (C=O) groups excluding carboxylic acids is 1. The minimum Gasteiger partial charge on any atom is -0.494 e. The van der Waals surface area contributed by atoms with E-state index in [4.69, 9.17) is 9.47 Å². The molecule has 1 rings (SSSR count). The Balaban J connectivity index is 1.88. The third-order valence-corrected chi connectivity index (χ3v) is 6.02. The third kappa shape index (κ3) is 16.2. The van der Waals surface area contributed by atoms with Crippen LogP contribution < -0.4 is 4.74 Å². The monoisotopic (exact) mass is 446 g/mol. The van der Waals surface area contributed by atoms with E-state index >= 15 is 0 Å². The quantitative estimate of drug-likeness (QED) is 0.139. The van der Waals surface area contributed by atoms with Crippen molar-refractivity contribution < 1.29 is 14.3 Å². The van der Waals surface area contributed by atoms with E-state index in [1.54, 1.807) is 12.1 Å². The summed E-state index contributed by atoms with van der Waals surface area (Å²) in [5.41, 5.74) is 0.593. The Kier molecular flexibility index (Phi) is 17.9. The summed E-state index contributed by atoms with van der Waals surface area (Å²) in [5, 5.41) is 0. The Bertz CT molecular complexity index is 550. The zero-order chi connectivity index (χ0) is 23.3. The first-order valence-electron chi connectivity index (χ1n) is 13.5. The van der Waals surface area contributed by atoms with Crippen LogP contribution in [0.3, 0.4) is 0 Å². The summed E-state index contributed by atoms with van der Waals surface area (Å²) in [6, 6.07) is 7.30. The fourth-order valence-electron chi connectivity index (χ4n) is 3.87. The first-order valence-corrected chi connectivity index (χ1v) is 13.5. The molecule has 0 radical (unpaired) electrons. The number of unbranched alkanes of at least 4 members (excludes halogenated alkanes) is 13. The molecule has 0 saturated heterocycles. The average Bonchev–Trinajstić information content (AvgIpc) is 2.79. The Labute approximate surface area is 198 Å². The van der Waals surface area contributed by atoms with E-state index in [-0.39, 0.29) is 5.97 Å². The van der Waals surface area contributed by atoms with Gasteiger partial charge in [0.15, 0.2) is 0 Å². The van der Waals surface area contributed by atoms with Gasteiger partial charge >= 0.3 is 5.97 Å². The van der Waals surface area contributed by atoms with Crippen LogP contribution in [0, 0.1) is 5.92 Å². The molecule has 0 bridgehead atoms. The van der Waals surface area contributed by atoms with E-state index in [2.05, 4.69) is 20.8 Å². The second-order valence-electron chi connectivity index (χ2n) is 9.64. The Hall–Kier alpha value is -1.51. The van der Waals surface area contributed by atoms with Gasteiger partial charge in [-0.15, -0.1) is 0 Å². The maximum atomic E-state index is 11.9. The van der Waals surface area contributed by atoms with Gasteiger partial charge in [0.2, 0.25) is 0 Å². The third-order valence-electron chi connectivity index (χ3n) is 6.02. The van der Waals surface area contributed by atoms with Gasteiger partial charge in [-0.25, -0.2) is 4.79 Å². The van der Waals surface area contributed by atoms with Crippen molar-refractivity contribution in [1.29, 1.82) is 0 Å². The van der Waals surface area contributed by atoms with Gasteiger partial charge in [0.1, 0.15) is 5.75 Å². The minimum atomic E-state index is -0.248. The van der Waals surface area contributed by atoms with Gasteiger partial charge in [-0.05, 0) is 43.0 Å². The molecule has 0 unspecified atom stereocenters. The molecule has 0 aliphatic carbocycles. The van der Waals surface area contributed by atoms with Crippen LogP contribution in [0.1, 0.15) is 134 Å². The maximum Gasteiger partial charge on any atom is 0.338 e. The lowest BCUT2D eigenvalue weighted by Gasteiger charge is -2.08. The van der Waals surface area contributed by atoms with Crippen LogP contribution in [-0.2, 0) is 4.74 Å². The Morgan fingerprint density at radius 1 is 0.688 bits per heavy atom. The highest BCUT2D eigenvalue weighted by molar-refractivity contribution is 5.89. The molecule has 0 N–H and O–H groups in total. The summed E-state index contributed by atoms with van der Waals surface area (Å²) in [6.45, 7) is 7.97. The molecule has 0 aliphatic heterocycles. The fraction of sp³-hybridized carbons (Fsp3) is 0.759. The molecule has 184 valence electrons. The molecule has 32 heavy (non-hydrogen) atoms. The van der Waals surface area contributed by atoms with Crippen molar-refractivity contribution in [1.82, 2.24) is 0 Å². The predicted molar refractivity (Wildman–Crippen MR) is 137 cm³/mol. The first-order chi connectivity index (χ1) is 15.6. The highest BCUT2D eigenvalue weighted by Gasteiger charge is 2.06. The van der Waals surface area contributed by atoms with Crippen molar-refractivity contribution in [2.45, 2.75) is 124 Å². The van der Waals surface area contributed by atoms with Gasteiger partial charge in [0.05, 0.1) is 18.8 Å². The van der Waals surface area contributed by atoms with Crippen LogP contribution in [0.5, 0.6) is 5.75 Å². The molecule has 0 fully saturated rings. The molecule has 0 saturated carbocycles. The minimum absolute atomic E-state index is 0.248. The molecule has 0 spiro atoms. The van der Waals surface area contributed by atoms with E-state index in [1.165, 1.54) is 83.5 Å². The lowest BCUT2D eigenvalue weighted by Crippen LogP contribution is -2.06. The van der Waals surface area contributed by atoms with Crippen molar-refractivity contribution >= 4 is 5.97 Å². The summed E-state index contributed by atoms with van der Waals surface area (Å²) in [5.74, 6) is 1.45. The lowest BCUT2D eigenvalue weighted by molar-refractivity contribution is 0.0499. The van der Waals surface area contributed by atoms with E-state index in [0.29, 0.717) is 12.2 Å². The van der Waals surface area contributed by atoms with Gasteiger partial charge in [-0.3, -0.25) is 0 Å². The standard InChI is InChI=1S/C29H50O3/c1-4-5-24-32-29(30)27-20-22-28(23-21-27)31-25-18-16-14-12-10-8-6-7-9-11-13-15-17-19-26(2)3/h20-23,26H,4-19,24-25H2,1-3H3. The van der Waals surface area contributed by atoms with Crippen LogP contribution in [-0.4, -0.2) is 19.2 Å². The second-order valence-corrected chi connectivity index (χ2v) is 9.64. The van der Waals surface area contributed by atoms with Gasteiger partial charge in [-0.2, -0.15) is 0 Å². The summed E-state index contributed by atoms with van der Waals surface area (Å²) in [4.78, 5) is 11.9. The molecule has 3 nitrogen and oxygen atoms in total. The topological polar surface area (TPSA) is 35.5 Å². The molecule has 0 heterocycles. The molecule has 0 aliphatic rings. The van der Waals surface area contributed by atoms with Gasteiger partial charge in [0.25, 0.3) is 0 Å². The number of hydrogen-bond donors (Lipinski definition) is 0. The molecular weight excluding hydrogens is 396 g/mol. The Morgan fingerprint density at radius 3 is 1.69 bits per heavy atom. The Morgan fingerprint density at radius 2 is 1.19 bits per heavy atom. The van der Waals surface area contributed by atoms with E-state index < -0.39 is 0 Å². The zero-order valence-electron chi connectivity index (χ0n) is 21.3. The van der Waals surface area contributed by atoms with Crippen molar-refractivity contribution in [2.24, 2.45) is 5.92 Å². The normalized spacial score (nSPS) is 11.1. The lowest BCUT2D eigenvalue weighted by atomic mass is 10.0. The van der Waals surface area contributed by atoms with Crippen LogP contribution in [0.25, 0.3) is 0 Å². The molecule has 1 aromatic rings.